The van der Waals surface area contributed by atoms with E-state index >= 15 is 0 Å². The summed E-state index contributed by atoms with van der Waals surface area (Å²) < 4.78 is 29.7. The van der Waals surface area contributed by atoms with E-state index in [1.54, 1.807) is 0 Å². The molecule has 5 heavy (non-hydrogen) atoms. The molecule has 28 valence electrons. The van der Waals surface area contributed by atoms with Crippen LogP contribution >= 0.6 is 0 Å². The summed E-state index contributed by atoms with van der Waals surface area (Å²) in [5.41, 5.74) is 0. The van der Waals surface area contributed by atoms with Gasteiger partial charge in [0, 0.05) is 40.8 Å². The Kier molecular flexibility index (Phi) is 13.1. The fourth-order valence-corrected chi connectivity index (χ4v) is 0. The SMILES string of the molecule is [F][La]([F])[F].[Nd]. The van der Waals surface area contributed by atoms with Crippen molar-refractivity contribution >= 4 is 0 Å². The summed E-state index contributed by atoms with van der Waals surface area (Å²) in [6, 6.07) is 0. The normalized spacial score (nSPS) is 5.40. The van der Waals surface area contributed by atoms with Crippen LogP contribution in [0.4, 0.5) is 4.81 Å². The molecule has 0 aliphatic rings. The summed E-state index contributed by atoms with van der Waals surface area (Å²) in [7, 11) is 0. The average molecular weight is 340 g/mol. The van der Waals surface area contributed by atoms with Gasteiger partial charge in [0.15, 0.2) is 0 Å². The van der Waals surface area contributed by atoms with Gasteiger partial charge in [-0.1, -0.05) is 0 Å². The van der Waals surface area contributed by atoms with Crippen molar-refractivity contribution in [1.29, 1.82) is 0 Å². The topological polar surface area (TPSA) is 0 Å². The van der Waals surface area contributed by atoms with Gasteiger partial charge in [0.05, 0.1) is 0 Å². The van der Waals surface area contributed by atoms with Gasteiger partial charge >= 0.3 is 37.1 Å². The molecule has 0 aromatic heterocycles. The van der Waals surface area contributed by atoms with Gasteiger partial charge in [-0.3, -0.25) is 0 Å². The van der Waals surface area contributed by atoms with Crippen molar-refractivity contribution in [2.24, 2.45) is 0 Å². The van der Waals surface area contributed by atoms with Crippen LogP contribution < -0.4 is 0 Å². The molecule has 0 aromatic rings. The molecule has 0 nitrogen and oxygen atoms in total. The smallest absolute Gasteiger partial charge is 0 e. The Balaban J connectivity index is 0. The molecule has 0 N–H and O–H groups in total. The molecule has 0 saturated heterocycles. The molecule has 0 fully saturated rings. The first-order valence-electron chi connectivity index (χ1n) is 0.655. The third-order valence-electron chi connectivity index (χ3n) is 0. The predicted molar refractivity (Wildman–Crippen MR) is 3.32 cm³/mol. The third kappa shape index (κ3) is 21.8. The number of hydrogen-bond donors (Lipinski definition) is 0. The summed E-state index contributed by atoms with van der Waals surface area (Å²) in [6.07, 6.45) is 0. The van der Waals surface area contributed by atoms with E-state index in [2.05, 4.69) is 0 Å². The van der Waals surface area contributed by atoms with Crippen LogP contribution in [0.15, 0.2) is 0 Å². The Morgan fingerprint density at radius 2 is 1.00 bits per heavy atom. The van der Waals surface area contributed by atoms with E-state index in [-0.39, 0.29) is 40.8 Å². The Morgan fingerprint density at radius 1 is 1.00 bits per heavy atom. The van der Waals surface area contributed by atoms with Crippen LogP contribution in [0, 0.1) is 73.1 Å². The summed E-state index contributed by atoms with van der Waals surface area (Å²) in [5.74, 6) is 0. The van der Waals surface area contributed by atoms with Gasteiger partial charge in [-0.2, -0.15) is 0 Å². The molecule has 0 amide bonds. The first-order chi connectivity index (χ1) is 1.73. The second-order valence-electron chi connectivity index (χ2n) is 0.247. The fraction of sp³-hybridized carbons (Fsp3) is 0. The van der Waals surface area contributed by atoms with Crippen LogP contribution in [0.25, 0.3) is 0 Å². The van der Waals surface area contributed by atoms with Gasteiger partial charge < -0.3 is 0 Å². The minimum absolute atomic E-state index is 0. The summed E-state index contributed by atoms with van der Waals surface area (Å²) in [4.78, 5) is 0. The number of rotatable bonds is 0. The molecule has 0 aliphatic heterocycles. The second-order valence-corrected chi connectivity index (χ2v) is 1.80. The molecular formula is F3LaNd. The second kappa shape index (κ2) is 6.34. The minimum Gasteiger partial charge on any atom is 0 e. The van der Waals surface area contributed by atoms with Crippen LogP contribution in [0.1, 0.15) is 0 Å². The summed E-state index contributed by atoms with van der Waals surface area (Å²) in [6.45, 7) is 0. The van der Waals surface area contributed by atoms with Crippen LogP contribution in [-0.2, 0) is 0 Å². The van der Waals surface area contributed by atoms with Crippen LogP contribution in [0.2, 0.25) is 0 Å². The van der Waals surface area contributed by atoms with Crippen molar-refractivity contribution in [3.05, 3.63) is 0 Å². The minimum atomic E-state index is -5.22. The van der Waals surface area contributed by atoms with Crippen molar-refractivity contribution in [3.63, 3.8) is 0 Å². The fourth-order valence-electron chi connectivity index (χ4n) is 0. The van der Waals surface area contributed by atoms with Crippen molar-refractivity contribution < 1.29 is 77.9 Å². The molecule has 0 saturated carbocycles. The molecule has 5 heteroatoms. The molecule has 0 spiro atoms. The van der Waals surface area contributed by atoms with E-state index in [1.807, 2.05) is 0 Å². The maximum Gasteiger partial charge on any atom is 0 e. The third-order valence-corrected chi connectivity index (χ3v) is 0. The van der Waals surface area contributed by atoms with Crippen molar-refractivity contribution in [3.8, 4) is 0 Å². The van der Waals surface area contributed by atoms with Crippen LogP contribution in [-0.4, -0.2) is 0 Å². The van der Waals surface area contributed by atoms with Crippen LogP contribution in [0.3, 0.4) is 0 Å². The molecule has 0 bridgehead atoms. The zero-order chi connectivity index (χ0) is 3.58. The molecular weight excluding hydrogens is 340 g/mol. The zero-order valence-corrected chi connectivity index (χ0v) is 9.05. The van der Waals surface area contributed by atoms with Crippen molar-refractivity contribution in [1.82, 2.24) is 0 Å². The standard InChI is InChI=1S/3FH.La.Nd/h3*1H;;/q;;;+3;/p-3. The van der Waals surface area contributed by atoms with Crippen molar-refractivity contribution in [2.75, 3.05) is 0 Å². The summed E-state index contributed by atoms with van der Waals surface area (Å²) in [5, 5.41) is 0. The van der Waals surface area contributed by atoms with E-state index in [1.165, 1.54) is 0 Å². The molecule has 0 atom stereocenters. The van der Waals surface area contributed by atoms with E-state index in [0.29, 0.717) is 0 Å². The summed E-state index contributed by atoms with van der Waals surface area (Å²) >= 11 is -5.22. The zero-order valence-electron chi connectivity index (χ0n) is 2.21. The van der Waals surface area contributed by atoms with Gasteiger partial charge in [0.25, 0.3) is 0 Å². The monoisotopic (exact) mass is 338 g/mol. The van der Waals surface area contributed by atoms with Gasteiger partial charge in [-0.25, -0.2) is 0 Å². The van der Waals surface area contributed by atoms with Gasteiger partial charge in [0.1, 0.15) is 0 Å². The number of hydrogen-bond acceptors (Lipinski definition) is 0. The average Bonchev–Trinajstić information content (AvgIpc) is 0.811. The first-order valence-corrected chi connectivity index (χ1v) is 4.77. The Hall–Kier alpha value is 2.34. The van der Waals surface area contributed by atoms with Gasteiger partial charge in [0.2, 0.25) is 0 Å². The molecule has 0 heterocycles. The van der Waals surface area contributed by atoms with E-state index in [4.69, 9.17) is 0 Å². The molecule has 0 aliphatic carbocycles. The maximum absolute atomic E-state index is 9.89. The van der Waals surface area contributed by atoms with Gasteiger partial charge in [-0.15, -0.1) is 0 Å². The van der Waals surface area contributed by atoms with E-state index < -0.39 is 32.2 Å². The Bertz CT molecular complexity index is 11.6. The molecule has 0 unspecified atom stereocenters. The Morgan fingerprint density at radius 3 is 1.00 bits per heavy atom. The van der Waals surface area contributed by atoms with E-state index in [0.717, 1.165) is 0 Å². The largest absolute Gasteiger partial charge is 0 e. The quantitative estimate of drug-likeness (QED) is 0.623. The number of halogens is 3. The molecule has 0 radical (unpaired) electrons. The van der Waals surface area contributed by atoms with E-state index in [9.17, 15) is 4.81 Å². The molecule has 0 aromatic carbocycles. The van der Waals surface area contributed by atoms with Crippen molar-refractivity contribution in [2.45, 2.75) is 0 Å². The Labute approximate surface area is 76.0 Å². The predicted octanol–water partition coefficient (Wildman–Crippen LogP) is 1.26. The first kappa shape index (κ1) is 10.3. The van der Waals surface area contributed by atoms with Crippen LogP contribution in [0.5, 0.6) is 0 Å². The maximum atomic E-state index is 9.89. The molecule has 0 rings (SSSR count). The van der Waals surface area contributed by atoms with Gasteiger partial charge in [-0.05, 0) is 0 Å².